The van der Waals surface area contributed by atoms with E-state index in [4.69, 9.17) is 0 Å². The highest BCUT2D eigenvalue weighted by atomic mass is 16.1. The van der Waals surface area contributed by atoms with Crippen molar-refractivity contribution >= 4 is 5.78 Å². The van der Waals surface area contributed by atoms with E-state index in [9.17, 15) is 4.79 Å². The minimum Gasteiger partial charge on any atom is -0.304 e. The Morgan fingerprint density at radius 3 is 2.72 bits per heavy atom. The average Bonchev–Trinajstić information content (AvgIpc) is 2.41. The number of hydrogen-bond acceptors (Lipinski definition) is 3. The SMILES string of the molecule is C=CC(=O)c1cccc(CN2CCN(C)CC2)c1. The van der Waals surface area contributed by atoms with Gasteiger partial charge in [0.25, 0.3) is 0 Å². The molecule has 1 saturated heterocycles. The fraction of sp³-hybridized carbons (Fsp3) is 0.400. The second kappa shape index (κ2) is 5.94. The van der Waals surface area contributed by atoms with Crippen LogP contribution in [0.4, 0.5) is 0 Å². The molecule has 2 rings (SSSR count). The van der Waals surface area contributed by atoms with E-state index in [1.807, 2.05) is 18.2 Å². The van der Waals surface area contributed by atoms with Gasteiger partial charge in [-0.1, -0.05) is 24.8 Å². The number of allylic oxidation sites excluding steroid dienone is 1. The standard InChI is InChI=1S/C15H20N2O/c1-3-15(18)14-6-4-5-13(11-14)12-17-9-7-16(2)8-10-17/h3-6,11H,1,7-10,12H2,2H3. The molecule has 0 aliphatic carbocycles. The number of ketones is 1. The third kappa shape index (κ3) is 3.28. The van der Waals surface area contributed by atoms with Gasteiger partial charge in [-0.2, -0.15) is 0 Å². The fourth-order valence-electron chi connectivity index (χ4n) is 2.20. The molecule has 0 saturated carbocycles. The van der Waals surface area contributed by atoms with E-state index >= 15 is 0 Å². The second-order valence-electron chi connectivity index (χ2n) is 4.85. The number of carbonyl (C=O) groups is 1. The Bertz CT molecular complexity index is 434. The molecule has 1 fully saturated rings. The van der Waals surface area contributed by atoms with Gasteiger partial charge in [0.2, 0.25) is 0 Å². The Balaban J connectivity index is 2.01. The normalized spacial score (nSPS) is 17.6. The molecule has 0 N–H and O–H groups in total. The molecular formula is C15H20N2O. The van der Waals surface area contributed by atoms with E-state index in [1.54, 1.807) is 0 Å². The van der Waals surface area contributed by atoms with Gasteiger partial charge in [0, 0.05) is 38.3 Å². The largest absolute Gasteiger partial charge is 0.304 e. The zero-order valence-electron chi connectivity index (χ0n) is 10.9. The average molecular weight is 244 g/mol. The van der Waals surface area contributed by atoms with Gasteiger partial charge in [-0.05, 0) is 24.8 Å². The smallest absolute Gasteiger partial charge is 0.185 e. The van der Waals surface area contributed by atoms with E-state index in [0.717, 1.165) is 38.3 Å². The Morgan fingerprint density at radius 2 is 2.06 bits per heavy atom. The Hall–Kier alpha value is -1.45. The van der Waals surface area contributed by atoms with Gasteiger partial charge in [-0.3, -0.25) is 9.69 Å². The van der Waals surface area contributed by atoms with Crippen LogP contribution in [0.1, 0.15) is 15.9 Å². The van der Waals surface area contributed by atoms with Crippen LogP contribution in [0.2, 0.25) is 0 Å². The van der Waals surface area contributed by atoms with Gasteiger partial charge >= 0.3 is 0 Å². The zero-order valence-corrected chi connectivity index (χ0v) is 10.9. The first-order chi connectivity index (χ1) is 8.69. The number of rotatable bonds is 4. The summed E-state index contributed by atoms with van der Waals surface area (Å²) in [5.41, 5.74) is 1.93. The predicted octanol–water partition coefficient (Wildman–Crippen LogP) is 1.80. The van der Waals surface area contributed by atoms with Gasteiger partial charge in [-0.25, -0.2) is 0 Å². The third-order valence-electron chi connectivity index (χ3n) is 3.40. The van der Waals surface area contributed by atoms with Crippen LogP contribution in [-0.4, -0.2) is 48.8 Å². The maximum absolute atomic E-state index is 11.6. The summed E-state index contributed by atoms with van der Waals surface area (Å²) in [6, 6.07) is 7.85. The summed E-state index contributed by atoms with van der Waals surface area (Å²) in [5, 5.41) is 0. The summed E-state index contributed by atoms with van der Waals surface area (Å²) in [5.74, 6) is -0.00442. The molecule has 0 amide bonds. The molecule has 3 heteroatoms. The molecule has 1 heterocycles. The highest BCUT2D eigenvalue weighted by molar-refractivity contribution is 6.04. The van der Waals surface area contributed by atoms with Crippen LogP contribution in [0.3, 0.4) is 0 Å². The van der Waals surface area contributed by atoms with Crippen molar-refractivity contribution in [2.24, 2.45) is 0 Å². The molecule has 0 atom stereocenters. The molecule has 1 aliphatic heterocycles. The number of carbonyl (C=O) groups excluding carboxylic acids is 1. The molecule has 3 nitrogen and oxygen atoms in total. The summed E-state index contributed by atoms with van der Waals surface area (Å²) in [6.07, 6.45) is 1.37. The first-order valence-corrected chi connectivity index (χ1v) is 6.35. The minimum absolute atomic E-state index is 0.00442. The van der Waals surface area contributed by atoms with Crippen LogP contribution in [0.5, 0.6) is 0 Å². The van der Waals surface area contributed by atoms with E-state index in [0.29, 0.717) is 0 Å². The molecular weight excluding hydrogens is 224 g/mol. The highest BCUT2D eigenvalue weighted by Crippen LogP contribution is 2.11. The highest BCUT2D eigenvalue weighted by Gasteiger charge is 2.14. The van der Waals surface area contributed by atoms with Crippen molar-refractivity contribution in [2.45, 2.75) is 6.54 Å². The second-order valence-corrected chi connectivity index (χ2v) is 4.85. The fourth-order valence-corrected chi connectivity index (χ4v) is 2.20. The maximum Gasteiger partial charge on any atom is 0.185 e. The van der Waals surface area contributed by atoms with Crippen LogP contribution in [0, 0.1) is 0 Å². The van der Waals surface area contributed by atoms with Crippen LogP contribution in [0.15, 0.2) is 36.9 Å². The third-order valence-corrected chi connectivity index (χ3v) is 3.40. The molecule has 0 bridgehead atoms. The van der Waals surface area contributed by atoms with Crippen molar-refractivity contribution in [3.8, 4) is 0 Å². The van der Waals surface area contributed by atoms with Crippen molar-refractivity contribution in [3.63, 3.8) is 0 Å². The molecule has 1 aliphatic rings. The monoisotopic (exact) mass is 244 g/mol. The Labute approximate surface area is 109 Å². The van der Waals surface area contributed by atoms with Crippen LogP contribution in [-0.2, 0) is 6.54 Å². The Kier molecular flexibility index (Phi) is 4.28. The number of piperazine rings is 1. The molecule has 0 radical (unpaired) electrons. The summed E-state index contributed by atoms with van der Waals surface area (Å²) >= 11 is 0. The van der Waals surface area contributed by atoms with Gasteiger partial charge < -0.3 is 4.90 Å². The van der Waals surface area contributed by atoms with Crippen molar-refractivity contribution in [3.05, 3.63) is 48.0 Å². The summed E-state index contributed by atoms with van der Waals surface area (Å²) in [4.78, 5) is 16.3. The molecule has 1 aromatic rings. The number of hydrogen-bond donors (Lipinski definition) is 0. The summed E-state index contributed by atoms with van der Waals surface area (Å²) in [6.45, 7) is 8.87. The van der Waals surface area contributed by atoms with Gasteiger partial charge in [0.15, 0.2) is 5.78 Å². The lowest BCUT2D eigenvalue weighted by Crippen LogP contribution is -2.43. The Morgan fingerprint density at radius 1 is 1.33 bits per heavy atom. The van der Waals surface area contributed by atoms with Gasteiger partial charge in [-0.15, -0.1) is 0 Å². The van der Waals surface area contributed by atoms with Gasteiger partial charge in [0.05, 0.1) is 0 Å². The molecule has 18 heavy (non-hydrogen) atoms. The lowest BCUT2D eigenvalue weighted by atomic mass is 10.1. The number of nitrogens with zero attached hydrogens (tertiary/aromatic N) is 2. The maximum atomic E-state index is 11.6. The number of benzene rings is 1. The first-order valence-electron chi connectivity index (χ1n) is 6.35. The van der Waals surface area contributed by atoms with Crippen LogP contribution in [0.25, 0.3) is 0 Å². The van der Waals surface area contributed by atoms with Crippen LogP contribution < -0.4 is 0 Å². The summed E-state index contributed by atoms with van der Waals surface area (Å²) in [7, 11) is 2.15. The van der Waals surface area contributed by atoms with Crippen LogP contribution >= 0.6 is 0 Å². The topological polar surface area (TPSA) is 23.6 Å². The number of likely N-dealkylation sites (N-methyl/N-ethyl adjacent to an activating group) is 1. The molecule has 0 aromatic heterocycles. The van der Waals surface area contributed by atoms with Crippen molar-refractivity contribution in [1.82, 2.24) is 9.80 Å². The van der Waals surface area contributed by atoms with E-state index in [-0.39, 0.29) is 5.78 Å². The minimum atomic E-state index is -0.00442. The quantitative estimate of drug-likeness (QED) is 0.596. The molecule has 0 spiro atoms. The lowest BCUT2D eigenvalue weighted by molar-refractivity contribution is 0.104. The summed E-state index contributed by atoms with van der Waals surface area (Å²) < 4.78 is 0. The zero-order chi connectivity index (χ0) is 13.0. The lowest BCUT2D eigenvalue weighted by Gasteiger charge is -2.32. The van der Waals surface area contributed by atoms with Crippen molar-refractivity contribution in [2.75, 3.05) is 33.2 Å². The van der Waals surface area contributed by atoms with Crippen molar-refractivity contribution < 1.29 is 4.79 Å². The van der Waals surface area contributed by atoms with Gasteiger partial charge in [0.1, 0.15) is 0 Å². The van der Waals surface area contributed by atoms with E-state index in [2.05, 4.69) is 29.5 Å². The first kappa shape index (κ1) is 13.0. The van der Waals surface area contributed by atoms with E-state index in [1.165, 1.54) is 11.6 Å². The molecule has 1 aromatic carbocycles. The predicted molar refractivity (Wildman–Crippen MR) is 73.7 cm³/mol. The van der Waals surface area contributed by atoms with E-state index < -0.39 is 0 Å². The van der Waals surface area contributed by atoms with Crippen molar-refractivity contribution in [1.29, 1.82) is 0 Å². The molecule has 0 unspecified atom stereocenters. The molecule has 96 valence electrons.